The second-order valence-electron chi connectivity index (χ2n) is 7.57. The van der Waals surface area contributed by atoms with Crippen LogP contribution in [0.25, 0.3) is 0 Å². The topological polar surface area (TPSA) is 78.5 Å². The van der Waals surface area contributed by atoms with Gasteiger partial charge in [0.15, 0.2) is 0 Å². The number of nitrogens with one attached hydrogen (secondary N) is 2. The molecule has 34 heavy (non-hydrogen) atoms. The fourth-order valence-corrected chi connectivity index (χ4v) is 4.15. The number of nitrogens with zero attached hydrogens (tertiary/aromatic N) is 1. The summed E-state index contributed by atoms with van der Waals surface area (Å²) in [6.45, 7) is 3.61. The van der Waals surface area contributed by atoms with Crippen LogP contribution in [0.2, 0.25) is 5.02 Å². The third kappa shape index (κ3) is 7.64. The highest BCUT2D eigenvalue weighted by molar-refractivity contribution is 7.98. The summed E-state index contributed by atoms with van der Waals surface area (Å²) in [5, 5.41) is 6.16. The monoisotopic (exact) mass is 495 g/mol. The van der Waals surface area contributed by atoms with Crippen LogP contribution in [0, 0.1) is 0 Å². The Morgan fingerprint density at radius 1 is 0.853 bits per heavy atom. The first-order chi connectivity index (χ1) is 16.3. The first kappa shape index (κ1) is 25.3. The Morgan fingerprint density at radius 3 is 2.00 bits per heavy atom. The summed E-state index contributed by atoms with van der Waals surface area (Å²) in [5.41, 5.74) is 2.87. The summed E-state index contributed by atoms with van der Waals surface area (Å²) >= 11 is 7.62. The molecular weight excluding hydrogens is 470 g/mol. The number of halogens is 1. The van der Waals surface area contributed by atoms with Crippen LogP contribution in [0.5, 0.6) is 0 Å². The van der Waals surface area contributed by atoms with Gasteiger partial charge in [-0.05, 0) is 73.2 Å². The van der Waals surface area contributed by atoms with E-state index < -0.39 is 0 Å². The quantitative estimate of drug-likeness (QED) is 0.374. The Hall–Kier alpha value is -3.29. The van der Waals surface area contributed by atoms with E-state index in [2.05, 4.69) is 10.6 Å². The summed E-state index contributed by atoms with van der Waals surface area (Å²) in [6, 6.07) is 21.9. The number of rotatable bonds is 9. The van der Waals surface area contributed by atoms with Gasteiger partial charge in [0.1, 0.15) is 6.54 Å². The lowest BCUT2D eigenvalue weighted by Gasteiger charge is -2.20. The van der Waals surface area contributed by atoms with Gasteiger partial charge >= 0.3 is 0 Å². The average molecular weight is 496 g/mol. The standard InChI is InChI=1S/C26H26ClN3O3S/c1-3-30(16-25(32)29-23-12-10-22(11-13-23)28-18(2)31)26(33)20-6-4-19(5-7-20)17-34-24-14-8-21(27)9-15-24/h4-15H,3,16-17H2,1-2H3,(H,28,31)(H,29,32). The number of benzene rings is 3. The van der Waals surface area contributed by atoms with Crippen LogP contribution < -0.4 is 10.6 Å². The molecule has 0 aliphatic heterocycles. The van der Waals surface area contributed by atoms with E-state index in [0.29, 0.717) is 28.5 Å². The molecule has 8 heteroatoms. The number of carbonyl (C=O) groups excluding carboxylic acids is 3. The van der Waals surface area contributed by atoms with Crippen LogP contribution >= 0.6 is 23.4 Å². The molecule has 0 saturated carbocycles. The number of amides is 3. The third-order valence-electron chi connectivity index (χ3n) is 4.91. The van der Waals surface area contributed by atoms with E-state index in [4.69, 9.17) is 11.6 Å². The SMILES string of the molecule is CCN(CC(=O)Nc1ccc(NC(C)=O)cc1)C(=O)c1ccc(CSc2ccc(Cl)cc2)cc1. The molecule has 0 atom stereocenters. The Morgan fingerprint density at radius 2 is 1.44 bits per heavy atom. The van der Waals surface area contributed by atoms with Crippen LogP contribution in [0.4, 0.5) is 11.4 Å². The van der Waals surface area contributed by atoms with E-state index in [1.54, 1.807) is 48.2 Å². The Labute approximate surface area is 208 Å². The summed E-state index contributed by atoms with van der Waals surface area (Å²) < 4.78 is 0. The minimum atomic E-state index is -0.293. The minimum Gasteiger partial charge on any atom is -0.330 e. The van der Waals surface area contributed by atoms with Gasteiger partial charge in [0.25, 0.3) is 5.91 Å². The Balaban J connectivity index is 1.54. The molecule has 0 aromatic heterocycles. The van der Waals surface area contributed by atoms with E-state index in [1.807, 2.05) is 43.3 Å². The van der Waals surface area contributed by atoms with Gasteiger partial charge in [0, 0.05) is 46.1 Å². The van der Waals surface area contributed by atoms with Gasteiger partial charge in [-0.15, -0.1) is 11.8 Å². The van der Waals surface area contributed by atoms with Crippen LogP contribution in [0.3, 0.4) is 0 Å². The minimum absolute atomic E-state index is 0.0586. The van der Waals surface area contributed by atoms with Gasteiger partial charge in [0.2, 0.25) is 11.8 Å². The molecule has 6 nitrogen and oxygen atoms in total. The van der Waals surface area contributed by atoms with Crippen molar-refractivity contribution in [2.24, 2.45) is 0 Å². The predicted octanol–water partition coefficient (Wildman–Crippen LogP) is 5.69. The zero-order valence-electron chi connectivity index (χ0n) is 19.0. The lowest BCUT2D eigenvalue weighted by atomic mass is 10.1. The first-order valence-electron chi connectivity index (χ1n) is 10.8. The molecule has 0 unspecified atom stereocenters. The normalized spacial score (nSPS) is 10.4. The van der Waals surface area contributed by atoms with Crippen molar-refractivity contribution in [2.45, 2.75) is 24.5 Å². The van der Waals surface area contributed by atoms with Crippen molar-refractivity contribution in [2.75, 3.05) is 23.7 Å². The number of thioether (sulfide) groups is 1. The molecule has 3 amide bonds. The second-order valence-corrected chi connectivity index (χ2v) is 9.05. The maximum atomic E-state index is 12.9. The summed E-state index contributed by atoms with van der Waals surface area (Å²) in [6.07, 6.45) is 0. The van der Waals surface area contributed by atoms with Gasteiger partial charge in [-0.25, -0.2) is 0 Å². The van der Waals surface area contributed by atoms with Gasteiger partial charge < -0.3 is 15.5 Å². The molecule has 0 heterocycles. The molecule has 0 aliphatic carbocycles. The molecule has 3 aromatic rings. The van der Waals surface area contributed by atoms with Crippen molar-refractivity contribution in [3.8, 4) is 0 Å². The molecule has 0 spiro atoms. The van der Waals surface area contributed by atoms with E-state index in [-0.39, 0.29) is 24.3 Å². The number of carbonyl (C=O) groups is 3. The molecular formula is C26H26ClN3O3S. The van der Waals surface area contributed by atoms with Crippen molar-refractivity contribution in [1.82, 2.24) is 4.90 Å². The van der Waals surface area contributed by atoms with Gasteiger partial charge in [-0.3, -0.25) is 14.4 Å². The number of hydrogen-bond donors (Lipinski definition) is 2. The summed E-state index contributed by atoms with van der Waals surface area (Å²) in [7, 11) is 0. The second kappa shape index (κ2) is 12.3. The van der Waals surface area contributed by atoms with Crippen molar-refractivity contribution < 1.29 is 14.4 Å². The van der Waals surface area contributed by atoms with E-state index >= 15 is 0 Å². The zero-order chi connectivity index (χ0) is 24.5. The highest BCUT2D eigenvalue weighted by Gasteiger charge is 2.17. The zero-order valence-corrected chi connectivity index (χ0v) is 20.6. The molecule has 0 aliphatic rings. The molecule has 3 aromatic carbocycles. The highest BCUT2D eigenvalue weighted by atomic mass is 35.5. The predicted molar refractivity (Wildman–Crippen MR) is 138 cm³/mol. The number of likely N-dealkylation sites (N-methyl/N-ethyl adjacent to an activating group) is 1. The highest BCUT2D eigenvalue weighted by Crippen LogP contribution is 2.24. The summed E-state index contributed by atoms with van der Waals surface area (Å²) in [4.78, 5) is 39.1. The van der Waals surface area contributed by atoms with Crippen LogP contribution in [0.15, 0.2) is 77.7 Å². The fraction of sp³-hybridized carbons (Fsp3) is 0.192. The summed E-state index contributed by atoms with van der Waals surface area (Å²) in [5.74, 6) is 0.118. The number of anilines is 2. The van der Waals surface area contributed by atoms with Crippen LogP contribution in [-0.2, 0) is 15.3 Å². The van der Waals surface area contributed by atoms with Crippen LogP contribution in [0.1, 0.15) is 29.8 Å². The average Bonchev–Trinajstić information content (AvgIpc) is 2.83. The molecule has 3 rings (SSSR count). The van der Waals surface area contributed by atoms with Gasteiger partial charge in [0.05, 0.1) is 0 Å². The van der Waals surface area contributed by atoms with Crippen molar-refractivity contribution in [3.05, 3.63) is 88.9 Å². The fourth-order valence-electron chi connectivity index (χ4n) is 3.16. The largest absolute Gasteiger partial charge is 0.330 e. The smallest absolute Gasteiger partial charge is 0.254 e. The van der Waals surface area contributed by atoms with Crippen molar-refractivity contribution in [3.63, 3.8) is 0 Å². The van der Waals surface area contributed by atoms with E-state index in [0.717, 1.165) is 16.2 Å². The lowest BCUT2D eigenvalue weighted by molar-refractivity contribution is -0.117. The number of hydrogen-bond acceptors (Lipinski definition) is 4. The lowest BCUT2D eigenvalue weighted by Crippen LogP contribution is -2.37. The molecule has 0 bridgehead atoms. The Kier molecular flexibility index (Phi) is 9.13. The maximum Gasteiger partial charge on any atom is 0.254 e. The molecule has 0 fully saturated rings. The van der Waals surface area contributed by atoms with Crippen molar-refractivity contribution in [1.29, 1.82) is 0 Å². The maximum absolute atomic E-state index is 12.9. The van der Waals surface area contributed by atoms with E-state index in [1.165, 1.54) is 11.8 Å². The molecule has 176 valence electrons. The Bertz CT molecular complexity index is 1130. The van der Waals surface area contributed by atoms with Crippen LogP contribution in [-0.4, -0.2) is 35.7 Å². The van der Waals surface area contributed by atoms with E-state index in [9.17, 15) is 14.4 Å². The molecule has 0 saturated heterocycles. The first-order valence-corrected chi connectivity index (χ1v) is 12.1. The third-order valence-corrected chi connectivity index (χ3v) is 6.25. The van der Waals surface area contributed by atoms with Gasteiger partial charge in [-0.2, -0.15) is 0 Å². The van der Waals surface area contributed by atoms with Crippen molar-refractivity contribution >= 4 is 52.5 Å². The van der Waals surface area contributed by atoms with Gasteiger partial charge in [-0.1, -0.05) is 23.7 Å². The molecule has 0 radical (unpaired) electrons. The molecule has 2 N–H and O–H groups in total.